The second-order valence-electron chi connectivity index (χ2n) is 4.52. The molecule has 0 bridgehead atoms. The van der Waals surface area contributed by atoms with Gasteiger partial charge in [0.2, 0.25) is 0 Å². The lowest BCUT2D eigenvalue weighted by Crippen LogP contribution is -2.24. The summed E-state index contributed by atoms with van der Waals surface area (Å²) in [5, 5.41) is 26.3. The maximum Gasteiger partial charge on any atom is 0.277 e. The van der Waals surface area contributed by atoms with Gasteiger partial charge >= 0.3 is 0 Å². The van der Waals surface area contributed by atoms with Crippen molar-refractivity contribution in [2.75, 3.05) is 6.61 Å². The number of hydrogen-bond acceptors (Lipinski definition) is 6. The number of nitrogens with zero attached hydrogens (tertiary/aromatic N) is 2. The van der Waals surface area contributed by atoms with Gasteiger partial charge in [0.05, 0.1) is 11.1 Å². The summed E-state index contributed by atoms with van der Waals surface area (Å²) in [7, 11) is 0. The average molecular weight is 349 g/mol. The fourth-order valence-electron chi connectivity index (χ4n) is 1.66. The molecule has 1 amide bonds. The van der Waals surface area contributed by atoms with Gasteiger partial charge in [0.15, 0.2) is 6.61 Å². The fourth-order valence-corrected chi connectivity index (χ4v) is 1.84. The second kappa shape index (κ2) is 7.93. The van der Waals surface area contributed by atoms with Gasteiger partial charge in [0, 0.05) is 17.2 Å². The molecule has 0 atom stereocenters. The zero-order chi connectivity index (χ0) is 17.5. The van der Waals surface area contributed by atoms with E-state index in [1.54, 1.807) is 24.3 Å². The Morgan fingerprint density at radius 3 is 2.83 bits per heavy atom. The van der Waals surface area contributed by atoms with E-state index in [-0.39, 0.29) is 17.9 Å². The van der Waals surface area contributed by atoms with Gasteiger partial charge in [0.25, 0.3) is 11.6 Å². The lowest BCUT2D eigenvalue weighted by atomic mass is 10.2. The minimum Gasteiger partial charge on any atom is -0.872 e. The van der Waals surface area contributed by atoms with Gasteiger partial charge in [-0.1, -0.05) is 29.5 Å². The molecule has 2 rings (SSSR count). The van der Waals surface area contributed by atoms with Crippen LogP contribution in [0.2, 0.25) is 5.02 Å². The summed E-state index contributed by atoms with van der Waals surface area (Å²) in [6.45, 7) is -0.309. The normalized spacial score (nSPS) is 10.5. The lowest BCUT2D eigenvalue weighted by Gasteiger charge is -2.08. The number of hydrogen-bond donors (Lipinski definition) is 1. The van der Waals surface area contributed by atoms with Crippen LogP contribution in [-0.2, 0) is 4.79 Å². The van der Waals surface area contributed by atoms with E-state index in [0.29, 0.717) is 10.8 Å². The summed E-state index contributed by atoms with van der Waals surface area (Å²) < 4.78 is 5.20. The molecule has 0 aliphatic rings. The van der Waals surface area contributed by atoms with E-state index in [4.69, 9.17) is 16.3 Å². The molecule has 0 spiro atoms. The molecular weight excluding hydrogens is 338 g/mol. The Labute approximate surface area is 141 Å². The number of non-ortho nitro benzene ring substituents is 1. The number of nitro benzene ring substituents is 1. The summed E-state index contributed by atoms with van der Waals surface area (Å²) in [6, 6.07) is 9.74. The maximum absolute atomic E-state index is 11.6. The van der Waals surface area contributed by atoms with Crippen molar-refractivity contribution in [2.24, 2.45) is 5.10 Å². The molecule has 24 heavy (non-hydrogen) atoms. The molecule has 0 unspecified atom stereocenters. The van der Waals surface area contributed by atoms with E-state index in [0.717, 1.165) is 24.4 Å². The van der Waals surface area contributed by atoms with Gasteiger partial charge in [0.1, 0.15) is 5.75 Å². The molecule has 0 fully saturated rings. The number of halogens is 1. The molecule has 2 aromatic rings. The van der Waals surface area contributed by atoms with E-state index >= 15 is 0 Å². The fraction of sp³-hybridized carbons (Fsp3) is 0.0667. The van der Waals surface area contributed by atoms with Crippen molar-refractivity contribution in [2.45, 2.75) is 0 Å². The molecule has 0 radical (unpaired) electrons. The molecule has 8 nitrogen and oxygen atoms in total. The highest BCUT2D eigenvalue weighted by molar-refractivity contribution is 6.30. The summed E-state index contributed by atoms with van der Waals surface area (Å²) in [5.74, 6) is -0.597. The van der Waals surface area contributed by atoms with Crippen molar-refractivity contribution < 1.29 is 19.6 Å². The topological polar surface area (TPSA) is 117 Å². The first-order valence-electron chi connectivity index (χ1n) is 6.61. The van der Waals surface area contributed by atoms with Crippen molar-refractivity contribution in [3.8, 4) is 11.5 Å². The van der Waals surface area contributed by atoms with Gasteiger partial charge in [-0.05, 0) is 23.8 Å². The second-order valence-corrected chi connectivity index (χ2v) is 4.95. The van der Waals surface area contributed by atoms with Crippen LogP contribution in [0.5, 0.6) is 11.5 Å². The summed E-state index contributed by atoms with van der Waals surface area (Å²) >= 11 is 5.78. The zero-order valence-corrected chi connectivity index (χ0v) is 12.9. The predicted molar refractivity (Wildman–Crippen MR) is 85.2 cm³/mol. The number of carbonyl (C=O) groups excluding carboxylic acids is 1. The van der Waals surface area contributed by atoms with Crippen LogP contribution >= 0.6 is 11.6 Å². The third kappa shape index (κ3) is 4.96. The van der Waals surface area contributed by atoms with Crippen LogP contribution < -0.4 is 15.3 Å². The van der Waals surface area contributed by atoms with Gasteiger partial charge in [-0.15, -0.1) is 0 Å². The van der Waals surface area contributed by atoms with E-state index in [1.807, 2.05) is 0 Å². The Kier molecular flexibility index (Phi) is 5.69. The Hall–Kier alpha value is -3.13. The molecule has 0 saturated heterocycles. The monoisotopic (exact) mass is 348 g/mol. The van der Waals surface area contributed by atoms with E-state index in [1.165, 1.54) is 0 Å². The highest BCUT2D eigenvalue weighted by Crippen LogP contribution is 2.19. The maximum atomic E-state index is 11.6. The van der Waals surface area contributed by atoms with Crippen LogP contribution in [0.1, 0.15) is 5.56 Å². The molecule has 9 heteroatoms. The Morgan fingerprint density at radius 2 is 2.12 bits per heavy atom. The number of amides is 1. The first-order chi connectivity index (χ1) is 11.5. The molecule has 0 saturated carbocycles. The average Bonchev–Trinajstić information content (AvgIpc) is 2.54. The predicted octanol–water partition coefficient (Wildman–Crippen LogP) is 1.85. The van der Waals surface area contributed by atoms with Crippen LogP contribution in [0.3, 0.4) is 0 Å². The number of nitrogens with one attached hydrogen (secondary N) is 1. The number of carbonyl (C=O) groups is 1. The number of rotatable bonds is 6. The van der Waals surface area contributed by atoms with Crippen LogP contribution in [-0.4, -0.2) is 23.7 Å². The first kappa shape index (κ1) is 17.2. The summed E-state index contributed by atoms with van der Waals surface area (Å²) in [6.07, 6.45) is 1.03. The summed E-state index contributed by atoms with van der Waals surface area (Å²) in [4.78, 5) is 21.6. The van der Waals surface area contributed by atoms with Gasteiger partial charge in [-0.25, -0.2) is 5.43 Å². The molecular formula is C15H11ClN3O5-. The SMILES string of the molecule is O=C(COc1cccc(Cl)c1)N/N=C\c1cc([N+](=O)[O-])ccc1[O-]. The lowest BCUT2D eigenvalue weighted by molar-refractivity contribution is -0.385. The van der Waals surface area contributed by atoms with Crippen molar-refractivity contribution >= 4 is 29.4 Å². The van der Waals surface area contributed by atoms with Gasteiger partial charge in [-0.3, -0.25) is 14.9 Å². The molecule has 2 aromatic carbocycles. The largest absolute Gasteiger partial charge is 0.872 e. The van der Waals surface area contributed by atoms with Crippen molar-refractivity contribution in [3.05, 3.63) is 63.2 Å². The number of ether oxygens (including phenoxy) is 1. The quantitative estimate of drug-likeness (QED) is 0.485. The number of nitro groups is 1. The minimum atomic E-state index is -0.631. The van der Waals surface area contributed by atoms with E-state index < -0.39 is 16.6 Å². The minimum absolute atomic E-state index is 0.0136. The highest BCUT2D eigenvalue weighted by Gasteiger charge is 2.06. The Balaban J connectivity index is 1.90. The third-order valence-corrected chi connectivity index (χ3v) is 3.00. The van der Waals surface area contributed by atoms with Crippen LogP contribution in [0, 0.1) is 10.1 Å². The van der Waals surface area contributed by atoms with Crippen LogP contribution in [0.4, 0.5) is 5.69 Å². The van der Waals surface area contributed by atoms with Gasteiger partial charge < -0.3 is 9.84 Å². The zero-order valence-electron chi connectivity index (χ0n) is 12.1. The highest BCUT2D eigenvalue weighted by atomic mass is 35.5. The Morgan fingerprint density at radius 1 is 1.33 bits per heavy atom. The molecule has 0 heterocycles. The van der Waals surface area contributed by atoms with Gasteiger partial charge in [-0.2, -0.15) is 5.10 Å². The molecule has 0 aromatic heterocycles. The third-order valence-electron chi connectivity index (χ3n) is 2.76. The van der Waals surface area contributed by atoms with Crippen molar-refractivity contribution in [1.82, 2.24) is 5.43 Å². The number of benzene rings is 2. The van der Waals surface area contributed by atoms with E-state index in [2.05, 4.69) is 10.5 Å². The van der Waals surface area contributed by atoms with E-state index in [9.17, 15) is 20.0 Å². The molecule has 0 aliphatic carbocycles. The Bertz CT molecular complexity index is 794. The number of hydrazone groups is 1. The standard InChI is InChI=1S/C15H12ClN3O5/c16-11-2-1-3-13(7-11)24-9-15(21)18-17-8-10-6-12(19(22)23)4-5-14(10)20/h1-8,20H,9H2,(H,18,21)/p-1/b17-8-. The summed E-state index contributed by atoms with van der Waals surface area (Å²) in [5.41, 5.74) is 1.90. The van der Waals surface area contributed by atoms with Crippen molar-refractivity contribution in [1.29, 1.82) is 0 Å². The van der Waals surface area contributed by atoms with Crippen LogP contribution in [0.15, 0.2) is 47.6 Å². The first-order valence-corrected chi connectivity index (χ1v) is 6.99. The molecule has 0 aliphatic heterocycles. The smallest absolute Gasteiger partial charge is 0.277 e. The van der Waals surface area contributed by atoms with Crippen molar-refractivity contribution in [3.63, 3.8) is 0 Å². The molecule has 1 N–H and O–H groups in total. The molecule has 124 valence electrons. The van der Waals surface area contributed by atoms with Crippen LogP contribution in [0.25, 0.3) is 0 Å².